The van der Waals surface area contributed by atoms with Crippen LogP contribution in [0.2, 0.25) is 0 Å². The first-order valence-corrected chi connectivity index (χ1v) is 3.11. The lowest BCUT2D eigenvalue weighted by molar-refractivity contribution is 0.0684. The fraction of sp³-hybridized carbons (Fsp3) is 0.143. The van der Waals surface area contributed by atoms with Crippen molar-refractivity contribution in [3.05, 3.63) is 30.6 Å². The second-order valence-electron chi connectivity index (χ2n) is 1.99. The van der Waals surface area contributed by atoms with Crippen molar-refractivity contribution in [3.8, 4) is 0 Å². The highest BCUT2D eigenvalue weighted by molar-refractivity contribution is 5.85. The molecule has 0 saturated carbocycles. The highest BCUT2D eigenvalue weighted by Gasteiger charge is 2.07. The Hall–Kier alpha value is -1.58. The molecule has 0 atom stereocenters. The molecule has 58 valence electrons. The van der Waals surface area contributed by atoms with Crippen LogP contribution in [0.3, 0.4) is 0 Å². The number of nitrogens with zero attached hydrogens (tertiary/aromatic N) is 2. The van der Waals surface area contributed by atoms with E-state index < -0.39 is 5.97 Å². The molecule has 0 unspecified atom stereocenters. The van der Waals surface area contributed by atoms with Crippen molar-refractivity contribution in [1.82, 2.24) is 9.78 Å². The number of allylic oxidation sites excluding steroid dienone is 1. The van der Waals surface area contributed by atoms with Crippen LogP contribution < -0.4 is 0 Å². The summed E-state index contributed by atoms with van der Waals surface area (Å²) in [5.74, 6) is -0.968. The monoisotopic (exact) mass is 152 g/mol. The van der Waals surface area contributed by atoms with Crippen molar-refractivity contribution in [3.63, 3.8) is 0 Å². The van der Waals surface area contributed by atoms with Gasteiger partial charge < -0.3 is 5.11 Å². The molecule has 1 N–H and O–H groups in total. The van der Waals surface area contributed by atoms with E-state index in [4.69, 9.17) is 5.11 Å². The molecule has 0 radical (unpaired) electrons. The lowest BCUT2D eigenvalue weighted by atomic mass is 10.4. The van der Waals surface area contributed by atoms with Crippen LogP contribution in [0, 0.1) is 0 Å². The maximum atomic E-state index is 10.5. The summed E-state index contributed by atoms with van der Waals surface area (Å²) in [4.78, 5) is 10.5. The third-order valence-corrected chi connectivity index (χ3v) is 1.24. The maximum absolute atomic E-state index is 10.5. The third kappa shape index (κ3) is 1.46. The molecule has 0 bridgehead atoms. The summed E-state index contributed by atoms with van der Waals surface area (Å²) in [5.41, 5.74) is 0.185. The van der Waals surface area contributed by atoms with E-state index in [9.17, 15) is 4.79 Å². The second kappa shape index (κ2) is 3.01. The van der Waals surface area contributed by atoms with Crippen LogP contribution in [-0.4, -0.2) is 20.9 Å². The highest BCUT2D eigenvalue weighted by Crippen LogP contribution is 1.97. The zero-order chi connectivity index (χ0) is 8.27. The van der Waals surface area contributed by atoms with E-state index in [1.807, 2.05) is 0 Å². The topological polar surface area (TPSA) is 55.1 Å². The van der Waals surface area contributed by atoms with Gasteiger partial charge in [0.2, 0.25) is 0 Å². The largest absolute Gasteiger partial charge is 0.477 e. The molecule has 0 aliphatic rings. The Morgan fingerprint density at radius 1 is 1.91 bits per heavy atom. The average Bonchev–Trinajstić information content (AvgIpc) is 2.36. The second-order valence-corrected chi connectivity index (χ2v) is 1.99. The molecule has 4 heteroatoms. The Kier molecular flexibility index (Phi) is 2.06. The molecule has 0 spiro atoms. The number of aromatic carboxylic acids is 1. The van der Waals surface area contributed by atoms with E-state index >= 15 is 0 Å². The van der Waals surface area contributed by atoms with Crippen LogP contribution in [-0.2, 0) is 6.54 Å². The number of rotatable bonds is 3. The molecule has 1 aromatic rings. The Balaban J connectivity index is 2.95. The van der Waals surface area contributed by atoms with E-state index in [2.05, 4.69) is 11.7 Å². The zero-order valence-corrected chi connectivity index (χ0v) is 5.90. The average molecular weight is 152 g/mol. The number of aromatic nitrogens is 2. The first-order chi connectivity index (χ1) is 5.25. The van der Waals surface area contributed by atoms with Crippen LogP contribution >= 0.6 is 0 Å². The summed E-state index contributed by atoms with van der Waals surface area (Å²) >= 11 is 0. The van der Waals surface area contributed by atoms with Crippen molar-refractivity contribution in [2.75, 3.05) is 0 Å². The highest BCUT2D eigenvalue weighted by atomic mass is 16.4. The maximum Gasteiger partial charge on any atom is 0.354 e. The first-order valence-electron chi connectivity index (χ1n) is 3.11. The van der Waals surface area contributed by atoms with Gasteiger partial charge in [-0.3, -0.25) is 4.68 Å². The number of hydrogen-bond donors (Lipinski definition) is 1. The Bertz CT molecular complexity index is 278. The van der Waals surface area contributed by atoms with Gasteiger partial charge in [-0.1, -0.05) is 6.08 Å². The molecule has 0 amide bonds. The standard InChI is InChI=1S/C7H8N2O2/c1-2-5-9-6(7(10)11)3-4-8-9/h2-4H,1,5H2,(H,10,11). The van der Waals surface area contributed by atoms with Gasteiger partial charge in [0.15, 0.2) is 0 Å². The van der Waals surface area contributed by atoms with Gasteiger partial charge in [0.1, 0.15) is 5.69 Å². The van der Waals surface area contributed by atoms with Crippen LogP contribution in [0.15, 0.2) is 24.9 Å². The minimum Gasteiger partial charge on any atom is -0.477 e. The van der Waals surface area contributed by atoms with E-state index in [0.29, 0.717) is 6.54 Å². The third-order valence-electron chi connectivity index (χ3n) is 1.24. The fourth-order valence-electron chi connectivity index (χ4n) is 0.782. The minimum atomic E-state index is -0.968. The van der Waals surface area contributed by atoms with Gasteiger partial charge >= 0.3 is 5.97 Å². The van der Waals surface area contributed by atoms with Gasteiger partial charge in [-0.15, -0.1) is 6.58 Å². The van der Waals surface area contributed by atoms with E-state index in [0.717, 1.165) is 0 Å². The van der Waals surface area contributed by atoms with Gasteiger partial charge in [0, 0.05) is 6.20 Å². The van der Waals surface area contributed by atoms with E-state index in [1.54, 1.807) is 6.08 Å². The predicted molar refractivity (Wildman–Crippen MR) is 39.4 cm³/mol. The Morgan fingerprint density at radius 3 is 3.18 bits per heavy atom. The quantitative estimate of drug-likeness (QED) is 0.651. The lowest BCUT2D eigenvalue weighted by Gasteiger charge is -1.97. The predicted octanol–water partition coefficient (Wildman–Crippen LogP) is 0.767. The van der Waals surface area contributed by atoms with Gasteiger partial charge in [0.05, 0.1) is 6.54 Å². The first kappa shape index (κ1) is 7.53. The summed E-state index contributed by atoms with van der Waals surface area (Å²) in [6, 6.07) is 1.45. The summed E-state index contributed by atoms with van der Waals surface area (Å²) in [6.07, 6.45) is 3.05. The summed E-state index contributed by atoms with van der Waals surface area (Å²) in [7, 11) is 0. The van der Waals surface area contributed by atoms with E-state index in [-0.39, 0.29) is 5.69 Å². The van der Waals surface area contributed by atoms with Gasteiger partial charge in [0.25, 0.3) is 0 Å². The summed E-state index contributed by atoms with van der Waals surface area (Å²) in [5, 5.41) is 12.4. The Labute approximate surface area is 63.8 Å². The van der Waals surface area contributed by atoms with Crippen molar-refractivity contribution in [2.45, 2.75) is 6.54 Å². The summed E-state index contributed by atoms with van der Waals surface area (Å²) < 4.78 is 1.37. The molecule has 0 aromatic carbocycles. The number of carbonyl (C=O) groups is 1. The Morgan fingerprint density at radius 2 is 2.64 bits per heavy atom. The van der Waals surface area contributed by atoms with Crippen molar-refractivity contribution >= 4 is 5.97 Å². The molecule has 1 rings (SSSR count). The molecular formula is C7H8N2O2. The zero-order valence-electron chi connectivity index (χ0n) is 5.90. The van der Waals surface area contributed by atoms with Crippen LogP contribution in [0.1, 0.15) is 10.5 Å². The number of hydrogen-bond acceptors (Lipinski definition) is 2. The SMILES string of the molecule is C=CCn1nccc1C(=O)O. The number of carboxylic acid groups (broad SMARTS) is 1. The summed E-state index contributed by atoms with van der Waals surface area (Å²) in [6.45, 7) is 3.91. The lowest BCUT2D eigenvalue weighted by Crippen LogP contribution is -2.08. The molecule has 0 aliphatic carbocycles. The van der Waals surface area contributed by atoms with Gasteiger partial charge in [-0.25, -0.2) is 4.79 Å². The molecule has 4 nitrogen and oxygen atoms in total. The molecular weight excluding hydrogens is 144 g/mol. The van der Waals surface area contributed by atoms with Gasteiger partial charge in [-0.2, -0.15) is 5.10 Å². The molecule has 11 heavy (non-hydrogen) atoms. The normalized spacial score (nSPS) is 9.45. The van der Waals surface area contributed by atoms with Crippen LogP contribution in [0.25, 0.3) is 0 Å². The smallest absolute Gasteiger partial charge is 0.354 e. The minimum absolute atomic E-state index is 0.185. The molecule has 0 aliphatic heterocycles. The van der Waals surface area contributed by atoms with Crippen molar-refractivity contribution < 1.29 is 9.90 Å². The molecule has 1 aromatic heterocycles. The number of carboxylic acids is 1. The fourth-order valence-corrected chi connectivity index (χ4v) is 0.782. The van der Waals surface area contributed by atoms with Crippen molar-refractivity contribution in [2.24, 2.45) is 0 Å². The van der Waals surface area contributed by atoms with Crippen LogP contribution in [0.4, 0.5) is 0 Å². The van der Waals surface area contributed by atoms with Gasteiger partial charge in [-0.05, 0) is 6.07 Å². The van der Waals surface area contributed by atoms with Crippen molar-refractivity contribution in [1.29, 1.82) is 0 Å². The van der Waals surface area contributed by atoms with Crippen LogP contribution in [0.5, 0.6) is 0 Å². The molecule has 1 heterocycles. The molecule has 0 saturated heterocycles. The molecule has 0 fully saturated rings. The van der Waals surface area contributed by atoms with E-state index in [1.165, 1.54) is 16.9 Å².